The van der Waals surface area contributed by atoms with Gasteiger partial charge in [0.05, 0.1) is 6.07 Å². The summed E-state index contributed by atoms with van der Waals surface area (Å²) in [5.74, 6) is 0.951. The average molecular weight is 323 g/mol. The third-order valence-electron chi connectivity index (χ3n) is 4.41. The molecule has 1 aliphatic heterocycles. The van der Waals surface area contributed by atoms with Crippen LogP contribution in [-0.4, -0.2) is 28.4 Å². The maximum Gasteiger partial charge on any atom is 0.277 e. The van der Waals surface area contributed by atoms with E-state index in [0.29, 0.717) is 30.3 Å². The lowest BCUT2D eigenvalue weighted by molar-refractivity contribution is 0.0758. The Morgan fingerprint density at radius 2 is 2.17 bits per heavy atom. The zero-order valence-electron chi connectivity index (χ0n) is 13.9. The predicted octanol–water partition coefficient (Wildman–Crippen LogP) is 3.29. The van der Waals surface area contributed by atoms with Gasteiger partial charge in [-0.25, -0.2) is 4.98 Å². The second kappa shape index (κ2) is 7.31. The number of carbonyl (C=O) groups excluding carboxylic acids is 1. The molecule has 1 amide bonds. The first-order valence-corrected chi connectivity index (χ1v) is 8.40. The van der Waals surface area contributed by atoms with Crippen LogP contribution in [0.15, 0.2) is 34.7 Å². The summed E-state index contributed by atoms with van der Waals surface area (Å²) in [6, 6.07) is 12.1. The van der Waals surface area contributed by atoms with E-state index in [1.807, 2.05) is 18.2 Å². The third-order valence-corrected chi connectivity index (χ3v) is 4.41. The minimum absolute atomic E-state index is 0.186. The lowest BCUT2D eigenvalue weighted by Gasteiger charge is -2.17. The van der Waals surface area contributed by atoms with Crippen molar-refractivity contribution in [1.29, 1.82) is 5.26 Å². The van der Waals surface area contributed by atoms with Crippen molar-refractivity contribution in [3.8, 4) is 6.07 Å². The number of likely N-dealkylation sites (tertiary alicyclic amines) is 1. The molecule has 5 heteroatoms. The van der Waals surface area contributed by atoms with Crippen molar-refractivity contribution < 1.29 is 9.21 Å². The van der Waals surface area contributed by atoms with Gasteiger partial charge in [0.2, 0.25) is 0 Å². The largest absolute Gasteiger partial charge is 0.445 e. The summed E-state index contributed by atoms with van der Waals surface area (Å²) in [6.45, 7) is 2.38. The van der Waals surface area contributed by atoms with Crippen molar-refractivity contribution in [3.63, 3.8) is 0 Å². The highest BCUT2D eigenvalue weighted by Crippen LogP contribution is 2.21. The molecule has 1 aliphatic rings. The highest BCUT2D eigenvalue weighted by Gasteiger charge is 2.32. The molecular formula is C19H21N3O2. The van der Waals surface area contributed by atoms with E-state index in [0.717, 1.165) is 25.7 Å². The molecule has 1 aromatic carbocycles. The average Bonchev–Trinajstić information content (AvgIpc) is 3.21. The lowest BCUT2D eigenvalue weighted by atomic mass is 10.1. The summed E-state index contributed by atoms with van der Waals surface area (Å²) < 4.78 is 5.66. The predicted molar refractivity (Wildman–Crippen MR) is 89.4 cm³/mol. The highest BCUT2D eigenvalue weighted by molar-refractivity contribution is 5.93. The van der Waals surface area contributed by atoms with Gasteiger partial charge in [0.1, 0.15) is 11.8 Å². The van der Waals surface area contributed by atoms with Gasteiger partial charge in [0.25, 0.3) is 5.91 Å². The second-order valence-corrected chi connectivity index (χ2v) is 6.14. The summed E-state index contributed by atoms with van der Waals surface area (Å²) in [5.41, 5.74) is 1.64. The number of amides is 1. The molecule has 24 heavy (non-hydrogen) atoms. The zero-order chi connectivity index (χ0) is 16.9. The molecule has 3 rings (SSSR count). The van der Waals surface area contributed by atoms with Crippen molar-refractivity contribution in [3.05, 3.63) is 53.2 Å². The van der Waals surface area contributed by atoms with Crippen LogP contribution in [0.1, 0.15) is 47.0 Å². The van der Waals surface area contributed by atoms with Gasteiger partial charge in [0, 0.05) is 13.0 Å². The van der Waals surface area contributed by atoms with Crippen LogP contribution >= 0.6 is 0 Å². The Bertz CT molecular complexity index is 746. The number of aryl methyl sites for hydroxylation is 3. The van der Waals surface area contributed by atoms with Crippen LogP contribution in [0.5, 0.6) is 0 Å². The van der Waals surface area contributed by atoms with Crippen LogP contribution in [-0.2, 0) is 12.8 Å². The smallest absolute Gasteiger partial charge is 0.277 e. The number of nitriles is 1. The van der Waals surface area contributed by atoms with Gasteiger partial charge in [-0.2, -0.15) is 5.26 Å². The Balaban J connectivity index is 1.62. The van der Waals surface area contributed by atoms with Crippen LogP contribution < -0.4 is 0 Å². The number of carbonyl (C=O) groups is 1. The third kappa shape index (κ3) is 3.48. The van der Waals surface area contributed by atoms with Crippen molar-refractivity contribution in [1.82, 2.24) is 9.88 Å². The minimum atomic E-state index is -0.338. The molecule has 124 valence electrons. The van der Waals surface area contributed by atoms with Crippen molar-refractivity contribution >= 4 is 5.91 Å². The first-order valence-electron chi connectivity index (χ1n) is 8.40. The van der Waals surface area contributed by atoms with E-state index < -0.39 is 0 Å². The molecule has 0 radical (unpaired) electrons. The topological polar surface area (TPSA) is 70.1 Å². The van der Waals surface area contributed by atoms with Crippen LogP contribution in [0, 0.1) is 18.3 Å². The molecule has 2 heterocycles. The van der Waals surface area contributed by atoms with E-state index in [1.54, 1.807) is 11.8 Å². The van der Waals surface area contributed by atoms with Crippen LogP contribution in [0.25, 0.3) is 0 Å². The Morgan fingerprint density at radius 1 is 1.38 bits per heavy atom. The molecule has 1 saturated heterocycles. The maximum absolute atomic E-state index is 12.6. The minimum Gasteiger partial charge on any atom is -0.445 e. The lowest BCUT2D eigenvalue weighted by Crippen LogP contribution is -2.35. The molecule has 2 aromatic rings. The number of benzene rings is 1. The van der Waals surface area contributed by atoms with E-state index in [1.165, 1.54) is 5.56 Å². The fraction of sp³-hybridized carbons (Fsp3) is 0.421. The molecule has 0 aliphatic carbocycles. The Morgan fingerprint density at radius 3 is 2.92 bits per heavy atom. The first kappa shape index (κ1) is 16.3. The Kier molecular flexibility index (Phi) is 4.95. The molecule has 1 unspecified atom stereocenters. The number of oxazole rings is 1. The fourth-order valence-electron chi connectivity index (χ4n) is 3.13. The van der Waals surface area contributed by atoms with E-state index in [9.17, 15) is 4.79 Å². The molecule has 1 atom stereocenters. The summed E-state index contributed by atoms with van der Waals surface area (Å²) in [5, 5.41) is 9.14. The molecule has 0 spiro atoms. The standard InChI is InChI=1S/C19H21N3O2/c1-14-18(19(23)22-12-6-10-16(22)13-20)21-17(24-14)11-5-9-15-7-3-2-4-8-15/h2-4,7-8,16H,5-6,9-12H2,1H3. The van der Waals surface area contributed by atoms with E-state index in [2.05, 4.69) is 23.2 Å². The maximum atomic E-state index is 12.6. The monoisotopic (exact) mass is 323 g/mol. The normalized spacial score (nSPS) is 17.0. The van der Waals surface area contributed by atoms with E-state index in [-0.39, 0.29) is 11.9 Å². The Hall–Kier alpha value is -2.61. The van der Waals surface area contributed by atoms with Crippen LogP contribution in [0.4, 0.5) is 0 Å². The van der Waals surface area contributed by atoms with Gasteiger partial charge in [-0.3, -0.25) is 4.79 Å². The molecule has 1 aromatic heterocycles. The highest BCUT2D eigenvalue weighted by atomic mass is 16.4. The van der Waals surface area contributed by atoms with Crippen molar-refractivity contribution in [2.24, 2.45) is 0 Å². The summed E-state index contributed by atoms with van der Waals surface area (Å²) in [6.07, 6.45) is 4.18. The van der Waals surface area contributed by atoms with Gasteiger partial charge < -0.3 is 9.32 Å². The van der Waals surface area contributed by atoms with E-state index in [4.69, 9.17) is 9.68 Å². The fourth-order valence-corrected chi connectivity index (χ4v) is 3.13. The Labute approximate surface area is 141 Å². The molecule has 0 saturated carbocycles. The van der Waals surface area contributed by atoms with Crippen LogP contribution in [0.2, 0.25) is 0 Å². The van der Waals surface area contributed by atoms with Gasteiger partial charge >= 0.3 is 0 Å². The van der Waals surface area contributed by atoms with E-state index >= 15 is 0 Å². The zero-order valence-corrected chi connectivity index (χ0v) is 13.9. The number of hydrogen-bond acceptors (Lipinski definition) is 4. The SMILES string of the molecule is Cc1oc(CCCc2ccccc2)nc1C(=O)N1CCCC1C#N. The quantitative estimate of drug-likeness (QED) is 0.846. The number of nitrogens with zero attached hydrogens (tertiary/aromatic N) is 3. The summed E-state index contributed by atoms with van der Waals surface area (Å²) in [7, 11) is 0. The van der Waals surface area contributed by atoms with Gasteiger partial charge in [-0.15, -0.1) is 0 Å². The van der Waals surface area contributed by atoms with Gasteiger partial charge in [-0.1, -0.05) is 30.3 Å². The summed E-state index contributed by atoms with van der Waals surface area (Å²) >= 11 is 0. The molecular weight excluding hydrogens is 302 g/mol. The number of rotatable bonds is 5. The molecule has 1 fully saturated rings. The van der Waals surface area contributed by atoms with Gasteiger partial charge in [-0.05, 0) is 38.2 Å². The molecule has 5 nitrogen and oxygen atoms in total. The molecule has 0 N–H and O–H groups in total. The van der Waals surface area contributed by atoms with Crippen LogP contribution in [0.3, 0.4) is 0 Å². The number of hydrogen-bond donors (Lipinski definition) is 0. The number of aromatic nitrogens is 1. The second-order valence-electron chi connectivity index (χ2n) is 6.14. The van der Waals surface area contributed by atoms with Crippen molar-refractivity contribution in [2.45, 2.75) is 45.1 Å². The molecule has 0 bridgehead atoms. The first-order chi connectivity index (χ1) is 11.7. The summed E-state index contributed by atoms with van der Waals surface area (Å²) in [4.78, 5) is 18.6. The van der Waals surface area contributed by atoms with Crippen molar-refractivity contribution in [2.75, 3.05) is 6.54 Å². The van der Waals surface area contributed by atoms with Gasteiger partial charge in [0.15, 0.2) is 11.6 Å².